The van der Waals surface area contributed by atoms with Crippen LogP contribution in [0.2, 0.25) is 0 Å². The molecule has 0 aromatic heterocycles. The maximum atomic E-state index is 12.6. The number of carbonyl (C=O) groups excluding carboxylic acids is 1. The number of rotatable bonds is 7. The van der Waals surface area contributed by atoms with Crippen LogP contribution < -0.4 is 5.32 Å². The van der Waals surface area contributed by atoms with Crippen LogP contribution in [0.1, 0.15) is 58.3 Å². The number of nitrogens with one attached hydrogen (secondary N) is 1. The minimum absolute atomic E-state index is 0.276. The van der Waals surface area contributed by atoms with Gasteiger partial charge >= 0.3 is 0 Å². The van der Waals surface area contributed by atoms with E-state index in [0.29, 0.717) is 18.4 Å². The van der Waals surface area contributed by atoms with Crippen molar-refractivity contribution in [3.63, 3.8) is 0 Å². The van der Waals surface area contributed by atoms with Gasteiger partial charge in [-0.25, -0.2) is 0 Å². The summed E-state index contributed by atoms with van der Waals surface area (Å²) in [6.45, 7) is 4.93. The van der Waals surface area contributed by atoms with Crippen LogP contribution in [0.3, 0.4) is 0 Å². The molecular weight excluding hydrogens is 264 g/mol. The molecule has 1 atom stereocenters. The third kappa shape index (κ3) is 5.26. The molecule has 1 N–H and O–H groups in total. The highest BCUT2D eigenvalue weighted by atomic mass is 16.5. The van der Waals surface area contributed by atoms with Crippen LogP contribution in [0.15, 0.2) is 0 Å². The van der Waals surface area contributed by atoms with Gasteiger partial charge in [0.1, 0.15) is 0 Å². The molecule has 1 amide bonds. The first-order valence-corrected chi connectivity index (χ1v) is 8.76. The second kappa shape index (κ2) is 8.74. The maximum absolute atomic E-state index is 12.6. The van der Waals surface area contributed by atoms with Gasteiger partial charge in [0.05, 0.1) is 6.10 Å². The summed E-state index contributed by atoms with van der Waals surface area (Å²) in [4.78, 5) is 14.8. The Labute approximate surface area is 129 Å². The lowest BCUT2D eigenvalue weighted by Gasteiger charge is -2.37. The summed E-state index contributed by atoms with van der Waals surface area (Å²) < 4.78 is 5.76. The van der Waals surface area contributed by atoms with Crippen LogP contribution in [0.5, 0.6) is 0 Å². The van der Waals surface area contributed by atoms with Gasteiger partial charge < -0.3 is 15.0 Å². The Hall–Kier alpha value is -0.610. The summed E-state index contributed by atoms with van der Waals surface area (Å²) >= 11 is 0. The van der Waals surface area contributed by atoms with Crippen molar-refractivity contribution in [3.05, 3.63) is 0 Å². The predicted molar refractivity (Wildman–Crippen MR) is 85.3 cm³/mol. The quantitative estimate of drug-likeness (QED) is 0.734. The number of hydrogen-bond donors (Lipinski definition) is 1. The number of hydrogen-bond acceptors (Lipinski definition) is 3. The molecule has 0 aromatic rings. The van der Waals surface area contributed by atoms with E-state index in [4.69, 9.17) is 4.74 Å². The summed E-state index contributed by atoms with van der Waals surface area (Å²) in [5.41, 5.74) is 0. The average molecular weight is 296 g/mol. The lowest BCUT2D eigenvalue weighted by atomic mass is 9.86. The summed E-state index contributed by atoms with van der Waals surface area (Å²) in [5.74, 6) is 1.16. The standard InChI is InChI=1S/C17H32N2O2/c1-14-7-9-15(10-8-14)19(13-16-5-4-12-21-16)17(20)6-3-11-18-2/h14-16,18H,3-13H2,1-2H3. The molecule has 1 heterocycles. The summed E-state index contributed by atoms with van der Waals surface area (Å²) in [6, 6.07) is 0.451. The summed E-state index contributed by atoms with van der Waals surface area (Å²) in [7, 11) is 1.94. The van der Waals surface area contributed by atoms with E-state index in [-0.39, 0.29) is 6.10 Å². The zero-order valence-corrected chi connectivity index (χ0v) is 13.8. The highest BCUT2D eigenvalue weighted by Crippen LogP contribution is 2.28. The van der Waals surface area contributed by atoms with E-state index in [2.05, 4.69) is 17.1 Å². The second-order valence-electron chi connectivity index (χ2n) is 6.80. The minimum atomic E-state index is 0.276. The summed E-state index contributed by atoms with van der Waals surface area (Å²) in [5, 5.41) is 3.13. The van der Waals surface area contributed by atoms with Crippen molar-refractivity contribution in [1.29, 1.82) is 0 Å². The molecule has 2 fully saturated rings. The lowest BCUT2D eigenvalue weighted by molar-refractivity contribution is -0.136. The van der Waals surface area contributed by atoms with E-state index in [1.165, 1.54) is 25.7 Å². The Bertz CT molecular complexity index is 308. The van der Waals surface area contributed by atoms with E-state index in [0.717, 1.165) is 44.9 Å². The Morgan fingerprint density at radius 3 is 2.62 bits per heavy atom. The van der Waals surface area contributed by atoms with E-state index >= 15 is 0 Å². The van der Waals surface area contributed by atoms with Gasteiger partial charge in [0.2, 0.25) is 5.91 Å². The van der Waals surface area contributed by atoms with Gasteiger partial charge in [-0.15, -0.1) is 0 Å². The van der Waals surface area contributed by atoms with E-state index in [1.807, 2.05) is 7.05 Å². The van der Waals surface area contributed by atoms with Gasteiger partial charge in [-0.2, -0.15) is 0 Å². The third-order valence-corrected chi connectivity index (χ3v) is 4.99. The van der Waals surface area contributed by atoms with Gasteiger partial charge in [0.15, 0.2) is 0 Å². The molecule has 1 saturated heterocycles. The van der Waals surface area contributed by atoms with Crippen molar-refractivity contribution in [2.45, 2.75) is 70.4 Å². The molecule has 1 aliphatic heterocycles. The van der Waals surface area contributed by atoms with Crippen LogP contribution in [0.25, 0.3) is 0 Å². The molecule has 21 heavy (non-hydrogen) atoms. The SMILES string of the molecule is CNCCCC(=O)N(CC1CCCO1)C1CCC(C)CC1. The number of ether oxygens (including phenoxy) is 1. The Morgan fingerprint density at radius 1 is 1.24 bits per heavy atom. The molecule has 4 heteroatoms. The van der Waals surface area contributed by atoms with Crippen LogP contribution in [-0.2, 0) is 9.53 Å². The second-order valence-corrected chi connectivity index (χ2v) is 6.80. The lowest BCUT2D eigenvalue weighted by Crippen LogP contribution is -2.46. The van der Waals surface area contributed by atoms with Gasteiger partial charge in [0, 0.05) is 25.6 Å². The molecule has 1 unspecified atom stereocenters. The normalized spacial score (nSPS) is 29.5. The fourth-order valence-electron chi connectivity index (χ4n) is 3.58. The molecule has 4 nitrogen and oxygen atoms in total. The van der Waals surface area contributed by atoms with Gasteiger partial charge in [-0.05, 0) is 64.5 Å². The van der Waals surface area contributed by atoms with Crippen LogP contribution in [-0.4, -0.2) is 49.7 Å². The van der Waals surface area contributed by atoms with Crippen molar-refractivity contribution in [1.82, 2.24) is 10.2 Å². The highest BCUT2D eigenvalue weighted by molar-refractivity contribution is 5.76. The smallest absolute Gasteiger partial charge is 0.222 e. The van der Waals surface area contributed by atoms with Crippen LogP contribution in [0.4, 0.5) is 0 Å². The molecule has 1 aliphatic carbocycles. The van der Waals surface area contributed by atoms with Gasteiger partial charge in [-0.1, -0.05) is 6.92 Å². The largest absolute Gasteiger partial charge is 0.376 e. The highest BCUT2D eigenvalue weighted by Gasteiger charge is 2.30. The van der Waals surface area contributed by atoms with Crippen molar-refractivity contribution in [2.24, 2.45) is 5.92 Å². The maximum Gasteiger partial charge on any atom is 0.222 e. The minimum Gasteiger partial charge on any atom is -0.376 e. The Balaban J connectivity index is 1.90. The van der Waals surface area contributed by atoms with E-state index in [1.54, 1.807) is 0 Å². The molecule has 0 bridgehead atoms. The molecule has 122 valence electrons. The fraction of sp³-hybridized carbons (Fsp3) is 0.941. The number of nitrogens with zero attached hydrogens (tertiary/aromatic N) is 1. The Morgan fingerprint density at radius 2 is 2.00 bits per heavy atom. The molecule has 0 radical (unpaired) electrons. The number of carbonyl (C=O) groups is 1. The first-order chi connectivity index (χ1) is 10.2. The molecule has 0 aromatic carbocycles. The van der Waals surface area contributed by atoms with Crippen molar-refractivity contribution in [3.8, 4) is 0 Å². The zero-order valence-electron chi connectivity index (χ0n) is 13.8. The van der Waals surface area contributed by atoms with Gasteiger partial charge in [0.25, 0.3) is 0 Å². The van der Waals surface area contributed by atoms with Crippen molar-refractivity contribution < 1.29 is 9.53 Å². The topological polar surface area (TPSA) is 41.6 Å². The fourth-order valence-corrected chi connectivity index (χ4v) is 3.58. The van der Waals surface area contributed by atoms with Crippen molar-refractivity contribution >= 4 is 5.91 Å². The number of amides is 1. The molecule has 2 rings (SSSR count). The molecular formula is C17H32N2O2. The van der Waals surface area contributed by atoms with Gasteiger partial charge in [-0.3, -0.25) is 4.79 Å². The van der Waals surface area contributed by atoms with E-state index in [9.17, 15) is 4.79 Å². The van der Waals surface area contributed by atoms with Crippen LogP contribution >= 0.6 is 0 Å². The molecule has 0 spiro atoms. The average Bonchev–Trinajstić information content (AvgIpc) is 2.99. The first-order valence-electron chi connectivity index (χ1n) is 8.76. The van der Waals surface area contributed by atoms with E-state index < -0.39 is 0 Å². The predicted octanol–water partition coefficient (Wildman–Crippen LogP) is 2.57. The summed E-state index contributed by atoms with van der Waals surface area (Å²) in [6.07, 6.45) is 9.00. The Kier molecular flexibility index (Phi) is 6.97. The first kappa shape index (κ1) is 16.8. The zero-order chi connectivity index (χ0) is 15.1. The van der Waals surface area contributed by atoms with Crippen molar-refractivity contribution in [2.75, 3.05) is 26.7 Å². The third-order valence-electron chi connectivity index (χ3n) is 4.99. The molecule has 2 aliphatic rings. The molecule has 1 saturated carbocycles. The monoisotopic (exact) mass is 296 g/mol. The van der Waals surface area contributed by atoms with Crippen LogP contribution in [0, 0.1) is 5.92 Å².